The second kappa shape index (κ2) is 7.98. The van der Waals surface area contributed by atoms with Crippen LogP contribution in [-0.4, -0.2) is 44.0 Å². The first-order valence-electron chi connectivity index (χ1n) is 8.18. The zero-order valence-corrected chi connectivity index (χ0v) is 16.0. The van der Waals surface area contributed by atoms with Gasteiger partial charge >= 0.3 is 0 Å². The molecule has 1 fully saturated rings. The van der Waals surface area contributed by atoms with E-state index in [1.807, 2.05) is 30.3 Å². The highest BCUT2D eigenvalue weighted by Gasteiger charge is 2.17. The number of rotatable bonds is 4. The summed E-state index contributed by atoms with van der Waals surface area (Å²) >= 11 is 2.22. The van der Waals surface area contributed by atoms with Gasteiger partial charge in [-0.25, -0.2) is 0 Å². The molecule has 0 radical (unpaired) electrons. The lowest BCUT2D eigenvalue weighted by Gasteiger charge is -2.35. The molecular weight excluding hydrogens is 413 g/mol. The highest BCUT2D eigenvalue weighted by atomic mass is 127. The summed E-state index contributed by atoms with van der Waals surface area (Å²) in [5, 5.41) is 3.05. The van der Waals surface area contributed by atoms with Gasteiger partial charge < -0.3 is 15.1 Å². The Morgan fingerprint density at radius 1 is 1.08 bits per heavy atom. The number of carbonyl (C=O) groups excluding carboxylic acids is 1. The molecular formula is C19H22IN3O. The van der Waals surface area contributed by atoms with Crippen molar-refractivity contribution in [3.8, 4) is 0 Å². The molecule has 1 aliphatic rings. The van der Waals surface area contributed by atoms with Gasteiger partial charge in [-0.3, -0.25) is 4.79 Å². The predicted octanol–water partition coefficient (Wildman–Crippen LogP) is 2.97. The van der Waals surface area contributed by atoms with E-state index in [1.54, 1.807) is 0 Å². The first-order valence-corrected chi connectivity index (χ1v) is 9.26. The van der Waals surface area contributed by atoms with E-state index in [4.69, 9.17) is 0 Å². The first-order chi connectivity index (χ1) is 11.6. The molecule has 5 heteroatoms. The van der Waals surface area contributed by atoms with Gasteiger partial charge in [-0.2, -0.15) is 0 Å². The van der Waals surface area contributed by atoms with Crippen LogP contribution in [0.3, 0.4) is 0 Å². The Bertz CT molecular complexity index is 711. The van der Waals surface area contributed by atoms with Crippen LogP contribution in [0.5, 0.6) is 0 Å². The summed E-state index contributed by atoms with van der Waals surface area (Å²) in [6, 6.07) is 16.0. The van der Waals surface area contributed by atoms with Crippen LogP contribution in [0.2, 0.25) is 0 Å². The highest BCUT2D eigenvalue weighted by molar-refractivity contribution is 14.1. The van der Waals surface area contributed by atoms with Gasteiger partial charge in [0.05, 0.1) is 0 Å². The van der Waals surface area contributed by atoms with E-state index in [0.717, 1.165) is 29.7 Å². The number of hydrogen-bond donors (Lipinski definition) is 1. The molecule has 0 aromatic heterocycles. The number of benzene rings is 2. The second-order valence-corrected chi connectivity index (χ2v) is 7.36. The fourth-order valence-corrected chi connectivity index (χ4v) is 3.47. The minimum atomic E-state index is -0.0262. The minimum absolute atomic E-state index is 0.0262. The van der Waals surface area contributed by atoms with Gasteiger partial charge in [0.1, 0.15) is 0 Å². The minimum Gasteiger partial charge on any atom is -0.369 e. The zero-order chi connectivity index (χ0) is 16.9. The van der Waals surface area contributed by atoms with Crippen molar-refractivity contribution in [2.24, 2.45) is 0 Å². The Hall–Kier alpha value is -1.60. The number of halogens is 1. The lowest BCUT2D eigenvalue weighted by atomic mass is 10.1. The number of nitrogens with one attached hydrogen (secondary N) is 1. The summed E-state index contributed by atoms with van der Waals surface area (Å²) in [7, 11) is 2.16. The molecule has 0 unspecified atom stereocenters. The number of para-hydroxylation sites is 1. The van der Waals surface area contributed by atoms with E-state index in [0.29, 0.717) is 12.1 Å². The van der Waals surface area contributed by atoms with E-state index in [1.165, 1.54) is 11.3 Å². The fraction of sp³-hybridized carbons (Fsp3) is 0.316. The van der Waals surface area contributed by atoms with Gasteiger partial charge in [0.15, 0.2) is 0 Å². The standard InChI is InChI=1S/C19H22IN3O/c1-22-9-11-23(12-10-22)18-8-3-2-5-16(18)14-21-19(24)15-6-4-7-17(20)13-15/h2-8,13H,9-12,14H2,1H3,(H,21,24). The van der Waals surface area contributed by atoms with Crippen LogP contribution >= 0.6 is 22.6 Å². The zero-order valence-electron chi connectivity index (χ0n) is 13.8. The van der Waals surface area contributed by atoms with E-state index in [-0.39, 0.29) is 5.91 Å². The number of amides is 1. The number of piperazine rings is 1. The van der Waals surface area contributed by atoms with Crippen LogP contribution in [0.1, 0.15) is 15.9 Å². The summed E-state index contributed by atoms with van der Waals surface area (Å²) in [6.45, 7) is 4.75. The van der Waals surface area contributed by atoms with E-state index < -0.39 is 0 Å². The van der Waals surface area contributed by atoms with Gasteiger partial charge in [0.25, 0.3) is 5.91 Å². The van der Waals surface area contributed by atoms with Gasteiger partial charge in [-0.1, -0.05) is 24.3 Å². The summed E-state index contributed by atoms with van der Waals surface area (Å²) in [6.07, 6.45) is 0. The van der Waals surface area contributed by atoms with Crippen molar-refractivity contribution in [1.82, 2.24) is 10.2 Å². The second-order valence-electron chi connectivity index (χ2n) is 6.11. The molecule has 0 aliphatic carbocycles. The monoisotopic (exact) mass is 435 g/mol. The fourth-order valence-electron chi connectivity index (χ4n) is 2.92. The van der Waals surface area contributed by atoms with Gasteiger partial charge in [-0.05, 0) is 59.5 Å². The molecule has 126 valence electrons. The molecule has 0 saturated carbocycles. The normalized spacial score (nSPS) is 15.3. The van der Waals surface area contributed by atoms with Crippen LogP contribution in [0.4, 0.5) is 5.69 Å². The van der Waals surface area contributed by atoms with Crippen molar-refractivity contribution < 1.29 is 4.79 Å². The molecule has 2 aromatic carbocycles. The van der Waals surface area contributed by atoms with Crippen molar-refractivity contribution in [1.29, 1.82) is 0 Å². The molecule has 1 amide bonds. The Kier molecular flexibility index (Phi) is 5.73. The third kappa shape index (κ3) is 4.27. The Labute approximate surface area is 157 Å². The molecule has 1 N–H and O–H groups in total. The molecule has 0 spiro atoms. The molecule has 0 atom stereocenters. The third-order valence-corrected chi connectivity index (χ3v) is 5.03. The Morgan fingerprint density at radius 2 is 1.83 bits per heavy atom. The largest absolute Gasteiger partial charge is 0.369 e. The average Bonchev–Trinajstić information content (AvgIpc) is 2.61. The van der Waals surface area contributed by atoms with Gasteiger partial charge in [-0.15, -0.1) is 0 Å². The summed E-state index contributed by atoms with van der Waals surface area (Å²) < 4.78 is 1.07. The number of carbonyl (C=O) groups is 1. The van der Waals surface area contributed by atoms with Gasteiger partial charge in [0.2, 0.25) is 0 Å². The van der Waals surface area contributed by atoms with Crippen molar-refractivity contribution >= 4 is 34.2 Å². The van der Waals surface area contributed by atoms with Gasteiger partial charge in [0, 0.05) is 47.5 Å². The smallest absolute Gasteiger partial charge is 0.251 e. The number of likely N-dealkylation sites (N-methyl/N-ethyl adjacent to an activating group) is 1. The first kappa shape index (κ1) is 17.2. The lowest BCUT2D eigenvalue weighted by molar-refractivity contribution is 0.0951. The molecule has 1 aliphatic heterocycles. The topological polar surface area (TPSA) is 35.6 Å². The van der Waals surface area contributed by atoms with Crippen LogP contribution in [0, 0.1) is 3.57 Å². The predicted molar refractivity (Wildman–Crippen MR) is 106 cm³/mol. The molecule has 24 heavy (non-hydrogen) atoms. The lowest BCUT2D eigenvalue weighted by Crippen LogP contribution is -2.45. The van der Waals surface area contributed by atoms with E-state index in [9.17, 15) is 4.79 Å². The van der Waals surface area contributed by atoms with Crippen LogP contribution in [-0.2, 0) is 6.54 Å². The van der Waals surface area contributed by atoms with Crippen LogP contribution in [0.15, 0.2) is 48.5 Å². The maximum Gasteiger partial charge on any atom is 0.251 e. The highest BCUT2D eigenvalue weighted by Crippen LogP contribution is 2.21. The molecule has 0 bridgehead atoms. The number of anilines is 1. The van der Waals surface area contributed by atoms with Crippen molar-refractivity contribution in [2.45, 2.75) is 6.54 Å². The maximum atomic E-state index is 12.4. The van der Waals surface area contributed by atoms with Crippen LogP contribution in [0.25, 0.3) is 0 Å². The quantitative estimate of drug-likeness (QED) is 0.751. The third-order valence-electron chi connectivity index (χ3n) is 4.36. The number of nitrogens with zero attached hydrogens (tertiary/aromatic N) is 2. The maximum absolute atomic E-state index is 12.4. The van der Waals surface area contributed by atoms with Crippen molar-refractivity contribution in [3.05, 3.63) is 63.2 Å². The Morgan fingerprint density at radius 3 is 2.58 bits per heavy atom. The number of hydrogen-bond acceptors (Lipinski definition) is 3. The summed E-state index contributed by atoms with van der Waals surface area (Å²) in [4.78, 5) is 17.1. The van der Waals surface area contributed by atoms with E-state index >= 15 is 0 Å². The average molecular weight is 435 g/mol. The molecule has 1 heterocycles. The summed E-state index contributed by atoms with van der Waals surface area (Å²) in [5.74, 6) is -0.0262. The van der Waals surface area contributed by atoms with Crippen molar-refractivity contribution in [2.75, 3.05) is 38.1 Å². The van der Waals surface area contributed by atoms with Crippen molar-refractivity contribution in [3.63, 3.8) is 0 Å². The van der Waals surface area contributed by atoms with Crippen LogP contribution < -0.4 is 10.2 Å². The molecule has 4 nitrogen and oxygen atoms in total. The molecule has 2 aromatic rings. The summed E-state index contributed by atoms with van der Waals surface area (Å²) in [5.41, 5.74) is 3.11. The molecule has 3 rings (SSSR count). The Balaban J connectivity index is 1.68. The van der Waals surface area contributed by atoms with E-state index in [2.05, 4.69) is 63.0 Å². The molecule has 1 saturated heterocycles. The SMILES string of the molecule is CN1CCN(c2ccccc2CNC(=O)c2cccc(I)c2)CC1.